The van der Waals surface area contributed by atoms with E-state index in [-0.39, 0.29) is 19.4 Å². The van der Waals surface area contributed by atoms with Gasteiger partial charge in [0.2, 0.25) is 5.91 Å². The van der Waals surface area contributed by atoms with Gasteiger partial charge in [0.25, 0.3) is 0 Å². The number of hydrogen-bond donors (Lipinski definition) is 6. The van der Waals surface area contributed by atoms with Gasteiger partial charge < -0.3 is 45.1 Å². The van der Waals surface area contributed by atoms with Crippen LogP contribution in [0.3, 0.4) is 0 Å². The fraction of sp³-hybridized carbons (Fsp3) is 0.661. The summed E-state index contributed by atoms with van der Waals surface area (Å²) in [5.41, 5.74) is 0. The lowest BCUT2D eigenvalue weighted by molar-refractivity contribution is -0.305. The lowest BCUT2D eigenvalue weighted by Crippen LogP contribution is -2.61. The van der Waals surface area contributed by atoms with Gasteiger partial charge in [-0.05, 0) is 64.2 Å². The van der Waals surface area contributed by atoms with Gasteiger partial charge in [0.15, 0.2) is 12.4 Å². The summed E-state index contributed by atoms with van der Waals surface area (Å²) in [4.78, 5) is 26.4. The Bertz CT molecular complexity index is 1550. The Labute approximate surface area is 424 Å². The molecule has 6 N–H and O–H groups in total. The number of ether oxygens (including phenoxy) is 3. The quantitative estimate of drug-likeness (QED) is 0.0149. The molecule has 1 amide bonds. The van der Waals surface area contributed by atoms with Crippen molar-refractivity contribution in [1.82, 2.24) is 5.32 Å². The molecule has 11 nitrogen and oxygen atoms in total. The largest absolute Gasteiger partial charge is 0.454 e. The predicted molar refractivity (Wildman–Crippen MR) is 287 cm³/mol. The van der Waals surface area contributed by atoms with Crippen LogP contribution in [-0.4, -0.2) is 99.6 Å². The molecule has 0 aromatic heterocycles. The third-order valence-corrected chi connectivity index (χ3v) is 12.1. The van der Waals surface area contributed by atoms with Crippen molar-refractivity contribution in [3.05, 3.63) is 109 Å². The summed E-state index contributed by atoms with van der Waals surface area (Å²) in [6, 6.07) is -1.05. The monoisotopic (exact) mass is 980 g/mol. The molecule has 70 heavy (non-hydrogen) atoms. The van der Waals surface area contributed by atoms with Crippen LogP contribution in [0.5, 0.6) is 0 Å². The van der Waals surface area contributed by atoms with E-state index in [2.05, 4.69) is 50.4 Å². The zero-order valence-corrected chi connectivity index (χ0v) is 43.6. The van der Waals surface area contributed by atoms with E-state index < -0.39 is 67.4 Å². The number of rotatable bonds is 43. The standard InChI is InChI=1S/C59H97NO10/c1-4-7-10-13-16-19-22-25-27-29-32-35-38-41-44-47-54(64)70-57-56(66)55(65)53(48-61)69-59(57)68-49-50(51(62)45-42-39-36-33-30-24-21-18-15-12-9-6-3)60-58(67)52(63)46-43-40-37-34-31-28-26-23-20-17-14-11-8-5-2/h7-8,10-11,13-14,16-17,19-20,22-23,25-28,42,45,50-53,55-57,59,61-63,65-66H,4-6,9,12,15,18,21,24,29-41,43-44,46-49H2,1-3H3,(H,60,67)/b10-7+,11-8+,16-13+,17-14+,22-19+,23-20+,27-25-,28-26-,45-42+. The molecule has 11 heteroatoms. The van der Waals surface area contributed by atoms with Gasteiger partial charge in [-0.1, -0.05) is 226 Å². The normalized spacial score (nSPS) is 20.6. The molecule has 1 aliphatic rings. The first-order chi connectivity index (χ1) is 34.2. The Kier molecular flexibility index (Phi) is 42.6. The number of carbonyl (C=O) groups excluding carboxylic acids is 2. The van der Waals surface area contributed by atoms with Crippen molar-refractivity contribution in [3.8, 4) is 0 Å². The average molecular weight is 980 g/mol. The summed E-state index contributed by atoms with van der Waals surface area (Å²) >= 11 is 0. The summed E-state index contributed by atoms with van der Waals surface area (Å²) in [5, 5.41) is 56.7. The Balaban J connectivity index is 2.80. The number of hydrogen-bond acceptors (Lipinski definition) is 10. The predicted octanol–water partition coefficient (Wildman–Crippen LogP) is 11.8. The number of esters is 1. The molecule has 8 atom stereocenters. The summed E-state index contributed by atoms with van der Waals surface area (Å²) in [6.07, 6.45) is 51.3. The van der Waals surface area contributed by atoms with Crippen molar-refractivity contribution in [3.63, 3.8) is 0 Å². The molecule has 398 valence electrons. The third-order valence-electron chi connectivity index (χ3n) is 12.1. The molecule has 0 spiro atoms. The third kappa shape index (κ3) is 34.6. The molecule has 8 unspecified atom stereocenters. The maximum atomic E-state index is 13.3. The van der Waals surface area contributed by atoms with Crippen molar-refractivity contribution in [2.24, 2.45) is 0 Å². The van der Waals surface area contributed by atoms with Crippen molar-refractivity contribution in [2.45, 2.75) is 237 Å². The van der Waals surface area contributed by atoms with Crippen LogP contribution in [-0.2, 0) is 23.8 Å². The molecule has 1 rings (SSSR count). The summed E-state index contributed by atoms with van der Waals surface area (Å²) < 4.78 is 17.5. The Morgan fingerprint density at radius 1 is 0.571 bits per heavy atom. The molecular formula is C59H97NO10. The molecule has 0 radical (unpaired) electrons. The molecule has 1 fully saturated rings. The molecule has 0 bridgehead atoms. The summed E-state index contributed by atoms with van der Waals surface area (Å²) in [7, 11) is 0. The fourth-order valence-corrected chi connectivity index (χ4v) is 7.79. The van der Waals surface area contributed by atoms with Gasteiger partial charge >= 0.3 is 5.97 Å². The van der Waals surface area contributed by atoms with Crippen LogP contribution in [0.1, 0.15) is 188 Å². The molecular weight excluding hydrogens is 883 g/mol. The molecule has 1 aliphatic heterocycles. The van der Waals surface area contributed by atoms with Crippen molar-refractivity contribution < 1.29 is 49.3 Å². The Morgan fingerprint density at radius 3 is 1.54 bits per heavy atom. The minimum atomic E-state index is -1.63. The van der Waals surface area contributed by atoms with Crippen LogP contribution < -0.4 is 5.32 Å². The van der Waals surface area contributed by atoms with Gasteiger partial charge in [0.1, 0.15) is 24.4 Å². The molecule has 0 saturated carbocycles. The van der Waals surface area contributed by atoms with Gasteiger partial charge in [-0.25, -0.2) is 0 Å². The molecule has 0 aliphatic carbocycles. The molecule has 1 heterocycles. The van der Waals surface area contributed by atoms with Crippen LogP contribution in [0, 0.1) is 0 Å². The van der Waals surface area contributed by atoms with Crippen molar-refractivity contribution in [2.75, 3.05) is 13.2 Å². The zero-order valence-electron chi connectivity index (χ0n) is 43.6. The zero-order chi connectivity index (χ0) is 51.1. The van der Waals surface area contributed by atoms with Gasteiger partial charge in [-0.3, -0.25) is 9.59 Å². The van der Waals surface area contributed by atoms with Crippen LogP contribution in [0.25, 0.3) is 0 Å². The number of nitrogens with one attached hydrogen (secondary N) is 1. The first kappa shape index (κ1) is 64.3. The smallest absolute Gasteiger partial charge is 0.306 e. The van der Waals surface area contributed by atoms with Crippen molar-refractivity contribution >= 4 is 11.9 Å². The molecule has 1 saturated heterocycles. The molecule has 0 aromatic carbocycles. The number of aliphatic hydroxyl groups excluding tert-OH is 5. The van der Waals surface area contributed by atoms with Gasteiger partial charge in [-0.2, -0.15) is 0 Å². The van der Waals surface area contributed by atoms with E-state index in [1.165, 1.54) is 44.9 Å². The SMILES string of the molecule is CC/C=C/C=C/C=C/C=C\CCCCCCCC(=O)OC1C(OCC(NC(=O)C(O)CCCCCC\C=C/C=C/C=C/C=C/CC)C(O)/C=C/CCCCCCCCCCCC)OC(CO)C(O)C1O. The summed E-state index contributed by atoms with van der Waals surface area (Å²) in [6.45, 7) is 5.44. The average Bonchev–Trinajstić information content (AvgIpc) is 3.36. The highest BCUT2D eigenvalue weighted by Crippen LogP contribution is 2.26. The number of unbranched alkanes of at least 4 members (excludes halogenated alkanes) is 19. The van der Waals surface area contributed by atoms with Crippen LogP contribution in [0.2, 0.25) is 0 Å². The highest BCUT2D eigenvalue weighted by atomic mass is 16.7. The topological polar surface area (TPSA) is 175 Å². The van der Waals surface area contributed by atoms with Crippen molar-refractivity contribution in [1.29, 1.82) is 0 Å². The van der Waals surface area contributed by atoms with E-state index >= 15 is 0 Å². The number of carbonyl (C=O) groups is 2. The fourth-order valence-electron chi connectivity index (χ4n) is 7.79. The maximum Gasteiger partial charge on any atom is 0.306 e. The second kappa shape index (κ2) is 46.4. The number of aliphatic hydroxyl groups is 5. The number of allylic oxidation sites excluding steroid dienone is 17. The summed E-state index contributed by atoms with van der Waals surface area (Å²) in [5.74, 6) is -1.26. The van der Waals surface area contributed by atoms with E-state index in [1.807, 2.05) is 79.0 Å². The van der Waals surface area contributed by atoms with Crippen LogP contribution in [0.15, 0.2) is 109 Å². The first-order valence-corrected chi connectivity index (χ1v) is 27.3. The van der Waals surface area contributed by atoms with E-state index in [1.54, 1.807) is 6.08 Å². The highest BCUT2D eigenvalue weighted by Gasteiger charge is 2.47. The first-order valence-electron chi connectivity index (χ1n) is 27.3. The van der Waals surface area contributed by atoms with Gasteiger partial charge in [-0.15, -0.1) is 0 Å². The lowest BCUT2D eigenvalue weighted by Gasteiger charge is -2.41. The lowest BCUT2D eigenvalue weighted by atomic mass is 9.99. The minimum Gasteiger partial charge on any atom is -0.454 e. The minimum absolute atomic E-state index is 0.0878. The Hall–Kier alpha value is -3.68. The Morgan fingerprint density at radius 2 is 1.03 bits per heavy atom. The maximum absolute atomic E-state index is 13.3. The van der Waals surface area contributed by atoms with E-state index in [0.29, 0.717) is 12.8 Å². The second-order valence-corrected chi connectivity index (χ2v) is 18.4. The van der Waals surface area contributed by atoms with Gasteiger partial charge in [0.05, 0.1) is 25.4 Å². The molecule has 0 aromatic rings. The second-order valence-electron chi connectivity index (χ2n) is 18.4. The van der Waals surface area contributed by atoms with E-state index in [9.17, 15) is 35.1 Å². The van der Waals surface area contributed by atoms with Crippen LogP contribution in [0.4, 0.5) is 0 Å². The van der Waals surface area contributed by atoms with Crippen LogP contribution >= 0.6 is 0 Å². The highest BCUT2D eigenvalue weighted by molar-refractivity contribution is 5.80. The number of amides is 1. The van der Waals surface area contributed by atoms with E-state index in [0.717, 1.165) is 96.3 Å². The van der Waals surface area contributed by atoms with Gasteiger partial charge in [0, 0.05) is 6.42 Å². The van der Waals surface area contributed by atoms with E-state index in [4.69, 9.17) is 14.2 Å².